The topological polar surface area (TPSA) is 8.17 Å². The number of para-hydroxylation sites is 4. The lowest BCUT2D eigenvalue weighted by atomic mass is 9.85. The van der Waals surface area contributed by atoms with Gasteiger partial charge in [-0.2, -0.15) is 0 Å². The van der Waals surface area contributed by atoms with Crippen LogP contribution >= 0.6 is 0 Å². The van der Waals surface area contributed by atoms with Crippen molar-refractivity contribution in [3.05, 3.63) is 203 Å². The highest BCUT2D eigenvalue weighted by atomic mass is 15.2. The molecule has 2 aliphatic carbocycles. The smallest absolute Gasteiger partial charge is 0.0630 e. The Hall–Kier alpha value is -6.38. The minimum atomic E-state index is 0.263. The van der Waals surface area contributed by atoms with Gasteiger partial charge in [0, 0.05) is 33.8 Å². The molecular formula is C57H50N2. The van der Waals surface area contributed by atoms with Crippen LogP contribution in [0.25, 0.3) is 55.3 Å². The van der Waals surface area contributed by atoms with Gasteiger partial charge in [0.2, 0.25) is 0 Å². The molecule has 7 aromatic carbocycles. The van der Waals surface area contributed by atoms with Crippen molar-refractivity contribution < 1.29 is 0 Å². The number of aromatic nitrogens is 1. The molecule has 0 spiro atoms. The highest BCUT2D eigenvalue weighted by Gasteiger charge is 2.39. The summed E-state index contributed by atoms with van der Waals surface area (Å²) in [6, 6.07) is 57.7. The molecule has 2 heterocycles. The van der Waals surface area contributed by atoms with E-state index in [4.69, 9.17) is 0 Å². The fraction of sp³-hybridized carbons (Fsp3) is 0.193. The normalized spacial score (nSPS) is 16.3. The van der Waals surface area contributed by atoms with Gasteiger partial charge in [-0.15, -0.1) is 0 Å². The Morgan fingerprint density at radius 2 is 1.12 bits per heavy atom. The zero-order valence-electron chi connectivity index (χ0n) is 34.2. The van der Waals surface area contributed by atoms with Crippen LogP contribution in [0.4, 0.5) is 11.4 Å². The highest BCUT2D eigenvalue weighted by molar-refractivity contribution is 6.10. The fourth-order valence-corrected chi connectivity index (χ4v) is 10.4. The number of anilines is 2. The van der Waals surface area contributed by atoms with Crippen LogP contribution in [0.2, 0.25) is 0 Å². The fourth-order valence-electron chi connectivity index (χ4n) is 10.4. The number of hydrogen-bond acceptors (Lipinski definition) is 1. The van der Waals surface area contributed by atoms with Gasteiger partial charge < -0.3 is 9.47 Å². The van der Waals surface area contributed by atoms with Crippen molar-refractivity contribution in [2.45, 2.75) is 70.8 Å². The Labute approximate surface area is 348 Å². The van der Waals surface area contributed by atoms with E-state index in [1.54, 1.807) is 0 Å². The molecule has 1 aromatic heterocycles. The van der Waals surface area contributed by atoms with Gasteiger partial charge in [-0.25, -0.2) is 0 Å². The number of fused-ring (bicyclic) bond motifs is 9. The van der Waals surface area contributed by atoms with Crippen LogP contribution in [0, 0.1) is 0 Å². The number of hydrogen-bond donors (Lipinski definition) is 0. The predicted octanol–water partition coefficient (Wildman–Crippen LogP) is 15.0. The van der Waals surface area contributed by atoms with Crippen molar-refractivity contribution in [2.75, 3.05) is 4.90 Å². The molecule has 0 saturated carbocycles. The van der Waals surface area contributed by atoms with E-state index in [0.717, 1.165) is 19.3 Å². The standard InChI is InChI=1S/C57H50N2/c1-3-5-15-38-17-7-11-21-52(38)58-54-23-13-9-19-46(54)50-36-42(29-31-56(50)58)40-25-27-44-33-45-28-26-41(35-49(45)48(44)34-40)43-30-32-57-51(37-43)47-20-10-14-24-55(47)59(57)53-22-12-8-18-39(53)16-6-4-2/h7-14,17-32,34-37,50,56H,3-6,15-16,33H2,1-2H3. The maximum Gasteiger partial charge on any atom is 0.0630 e. The monoisotopic (exact) mass is 762 g/mol. The third-order valence-electron chi connectivity index (χ3n) is 13.4. The third kappa shape index (κ3) is 5.99. The average Bonchev–Trinajstić information content (AvgIpc) is 3.94. The molecule has 59 heavy (non-hydrogen) atoms. The lowest BCUT2D eigenvalue weighted by molar-refractivity contribution is 0.738. The summed E-state index contributed by atoms with van der Waals surface area (Å²) >= 11 is 0. The first kappa shape index (κ1) is 35.8. The maximum absolute atomic E-state index is 2.61. The number of aryl methyl sites for hydroxylation is 2. The van der Waals surface area contributed by atoms with Crippen LogP contribution in [0.3, 0.4) is 0 Å². The largest absolute Gasteiger partial charge is 0.333 e. The first-order valence-electron chi connectivity index (χ1n) is 21.9. The molecule has 0 saturated heterocycles. The van der Waals surface area contributed by atoms with Crippen molar-refractivity contribution in [1.82, 2.24) is 4.57 Å². The van der Waals surface area contributed by atoms with Gasteiger partial charge in [0.25, 0.3) is 0 Å². The zero-order chi connectivity index (χ0) is 39.5. The van der Waals surface area contributed by atoms with Crippen molar-refractivity contribution in [1.29, 1.82) is 0 Å². The Morgan fingerprint density at radius 3 is 1.90 bits per heavy atom. The second-order valence-electron chi connectivity index (χ2n) is 16.9. The molecule has 11 rings (SSSR count). The first-order chi connectivity index (χ1) is 29.2. The Kier molecular flexibility index (Phi) is 8.95. The van der Waals surface area contributed by atoms with E-state index in [0.29, 0.717) is 5.92 Å². The van der Waals surface area contributed by atoms with Crippen molar-refractivity contribution in [2.24, 2.45) is 0 Å². The van der Waals surface area contributed by atoms with E-state index in [9.17, 15) is 0 Å². The molecule has 2 nitrogen and oxygen atoms in total. The summed E-state index contributed by atoms with van der Waals surface area (Å²) in [5, 5.41) is 2.60. The van der Waals surface area contributed by atoms with Gasteiger partial charge in [-0.1, -0.05) is 148 Å². The second-order valence-corrected chi connectivity index (χ2v) is 16.9. The van der Waals surface area contributed by atoms with Crippen molar-refractivity contribution in [3.63, 3.8) is 0 Å². The quantitative estimate of drug-likeness (QED) is 0.135. The second kappa shape index (κ2) is 14.8. The molecule has 8 aromatic rings. The molecule has 288 valence electrons. The summed E-state index contributed by atoms with van der Waals surface area (Å²) < 4.78 is 2.49. The van der Waals surface area contributed by atoms with E-state index >= 15 is 0 Å². The van der Waals surface area contributed by atoms with Gasteiger partial charge in [0.1, 0.15) is 0 Å². The zero-order valence-corrected chi connectivity index (χ0v) is 34.2. The SMILES string of the molecule is CCCCc1ccccc1N1c2ccccc2C2C=C(c3ccc4c(c3)-c3cc(-c5ccc6c(c5)c5ccccc5n6-c5ccccc5CCCC)ccc3C4)C=CC21. The highest BCUT2D eigenvalue weighted by Crippen LogP contribution is 2.50. The van der Waals surface area contributed by atoms with Crippen LogP contribution in [-0.4, -0.2) is 10.6 Å². The van der Waals surface area contributed by atoms with Crippen LogP contribution in [-0.2, 0) is 19.3 Å². The number of nitrogens with zero attached hydrogens (tertiary/aromatic N) is 2. The Balaban J connectivity index is 0.943. The van der Waals surface area contributed by atoms with Gasteiger partial charge in [-0.3, -0.25) is 0 Å². The molecule has 0 bridgehead atoms. The maximum atomic E-state index is 2.61. The number of benzene rings is 7. The number of unbranched alkanes of at least 4 members (excludes halogenated alkanes) is 2. The molecule has 0 N–H and O–H groups in total. The van der Waals surface area contributed by atoms with E-state index < -0.39 is 0 Å². The molecule has 0 radical (unpaired) electrons. The van der Waals surface area contributed by atoms with Gasteiger partial charge in [0.05, 0.1) is 17.1 Å². The van der Waals surface area contributed by atoms with Gasteiger partial charge in [-0.05, 0) is 142 Å². The Morgan fingerprint density at radius 1 is 0.525 bits per heavy atom. The van der Waals surface area contributed by atoms with Crippen molar-refractivity contribution in [3.8, 4) is 27.9 Å². The van der Waals surface area contributed by atoms with Crippen LogP contribution in [0.1, 0.15) is 78.8 Å². The molecule has 3 aliphatic rings. The van der Waals surface area contributed by atoms with E-state index in [-0.39, 0.29) is 6.04 Å². The molecule has 0 fully saturated rings. The molecule has 0 amide bonds. The van der Waals surface area contributed by atoms with Crippen molar-refractivity contribution >= 4 is 38.8 Å². The van der Waals surface area contributed by atoms with E-state index in [1.165, 1.54) is 126 Å². The summed E-state index contributed by atoms with van der Waals surface area (Å²) in [4.78, 5) is 2.61. The lowest BCUT2D eigenvalue weighted by Gasteiger charge is -2.31. The van der Waals surface area contributed by atoms with E-state index in [2.05, 4.69) is 193 Å². The molecular weight excluding hydrogens is 713 g/mol. The lowest BCUT2D eigenvalue weighted by Crippen LogP contribution is -2.29. The summed E-state index contributed by atoms with van der Waals surface area (Å²) in [6.07, 6.45) is 15.4. The van der Waals surface area contributed by atoms with Crippen LogP contribution in [0.5, 0.6) is 0 Å². The van der Waals surface area contributed by atoms with Crippen LogP contribution < -0.4 is 4.90 Å². The minimum absolute atomic E-state index is 0.263. The number of rotatable bonds is 10. The predicted molar refractivity (Wildman–Crippen MR) is 250 cm³/mol. The molecule has 2 heteroatoms. The van der Waals surface area contributed by atoms with E-state index in [1.807, 2.05) is 0 Å². The summed E-state index contributed by atoms with van der Waals surface area (Å²) in [7, 11) is 0. The van der Waals surface area contributed by atoms with Crippen LogP contribution in [0.15, 0.2) is 170 Å². The van der Waals surface area contributed by atoms with Gasteiger partial charge >= 0.3 is 0 Å². The summed E-state index contributed by atoms with van der Waals surface area (Å²) in [5.41, 5.74) is 21.5. The third-order valence-corrected chi connectivity index (χ3v) is 13.4. The molecule has 1 aliphatic heterocycles. The summed E-state index contributed by atoms with van der Waals surface area (Å²) in [5.74, 6) is 0.295. The average molecular weight is 763 g/mol. The minimum Gasteiger partial charge on any atom is -0.333 e. The Bertz CT molecular complexity index is 2970. The number of allylic oxidation sites excluding steroid dienone is 2. The first-order valence-corrected chi connectivity index (χ1v) is 21.9. The van der Waals surface area contributed by atoms with Gasteiger partial charge in [0.15, 0.2) is 0 Å². The molecule has 2 unspecified atom stereocenters. The summed E-state index contributed by atoms with van der Waals surface area (Å²) in [6.45, 7) is 4.56. The molecule has 2 atom stereocenters.